The summed E-state index contributed by atoms with van der Waals surface area (Å²) < 4.78 is 11.7. The van der Waals surface area contributed by atoms with E-state index >= 15 is 0 Å². The second-order valence-electron chi connectivity index (χ2n) is 6.76. The summed E-state index contributed by atoms with van der Waals surface area (Å²) in [7, 11) is 0. The van der Waals surface area contributed by atoms with E-state index in [-0.39, 0.29) is 0 Å². The van der Waals surface area contributed by atoms with E-state index in [0.29, 0.717) is 17.9 Å². The van der Waals surface area contributed by atoms with Gasteiger partial charge in [0.1, 0.15) is 18.1 Å². The first-order chi connectivity index (χ1) is 11.9. The minimum atomic E-state index is 0.512. The Kier molecular flexibility index (Phi) is 4.65. The molecule has 0 radical (unpaired) electrons. The second kappa shape index (κ2) is 7.22. The molecule has 126 valence electrons. The van der Waals surface area contributed by atoms with Crippen molar-refractivity contribution in [2.45, 2.75) is 31.2 Å². The zero-order valence-corrected chi connectivity index (χ0v) is 13.9. The van der Waals surface area contributed by atoms with Crippen LogP contribution in [0.15, 0.2) is 48.8 Å². The number of nitrogens with one attached hydrogen (secondary N) is 1. The molecule has 1 aromatic heterocycles. The molecule has 3 atom stereocenters. The van der Waals surface area contributed by atoms with Gasteiger partial charge in [-0.3, -0.25) is 4.98 Å². The fraction of sp³-hybridized carbons (Fsp3) is 0.450. The van der Waals surface area contributed by atoms with Crippen LogP contribution in [0.3, 0.4) is 0 Å². The van der Waals surface area contributed by atoms with E-state index in [2.05, 4.69) is 16.4 Å². The van der Waals surface area contributed by atoms with Crippen LogP contribution in [0.1, 0.15) is 30.7 Å². The second-order valence-corrected chi connectivity index (χ2v) is 6.76. The van der Waals surface area contributed by atoms with Gasteiger partial charge < -0.3 is 14.8 Å². The summed E-state index contributed by atoms with van der Waals surface area (Å²) in [4.78, 5) is 4.35. The zero-order valence-electron chi connectivity index (χ0n) is 13.9. The van der Waals surface area contributed by atoms with Crippen molar-refractivity contribution in [2.75, 3.05) is 19.8 Å². The SMILES string of the molecule is c1ccc(OCC[C@H]2C[C@@H]2c2cncc(OC[C@@H]3CCN3)c2)cc1. The fourth-order valence-electron chi connectivity index (χ4n) is 3.22. The maximum Gasteiger partial charge on any atom is 0.137 e. The van der Waals surface area contributed by atoms with Crippen LogP contribution in [0.25, 0.3) is 0 Å². The van der Waals surface area contributed by atoms with Crippen molar-refractivity contribution in [2.24, 2.45) is 5.92 Å². The van der Waals surface area contributed by atoms with Gasteiger partial charge in [-0.15, -0.1) is 0 Å². The van der Waals surface area contributed by atoms with E-state index in [4.69, 9.17) is 9.47 Å². The molecule has 2 heterocycles. The van der Waals surface area contributed by atoms with Crippen LogP contribution in [0.2, 0.25) is 0 Å². The summed E-state index contributed by atoms with van der Waals surface area (Å²) >= 11 is 0. The zero-order chi connectivity index (χ0) is 16.2. The van der Waals surface area contributed by atoms with Crippen LogP contribution in [-0.2, 0) is 0 Å². The Morgan fingerprint density at radius 1 is 1.08 bits per heavy atom. The molecule has 1 aromatic carbocycles. The largest absolute Gasteiger partial charge is 0.494 e. The molecule has 0 spiro atoms. The predicted octanol–water partition coefficient (Wildman–Crippen LogP) is 3.39. The summed E-state index contributed by atoms with van der Waals surface area (Å²) in [5.41, 5.74) is 1.30. The first-order valence-electron chi connectivity index (χ1n) is 8.87. The summed E-state index contributed by atoms with van der Waals surface area (Å²) in [6.07, 6.45) is 7.33. The number of pyridine rings is 1. The molecule has 2 aromatic rings. The smallest absolute Gasteiger partial charge is 0.137 e. The van der Waals surface area contributed by atoms with Crippen LogP contribution in [0.4, 0.5) is 0 Å². The molecule has 1 saturated heterocycles. The lowest BCUT2D eigenvalue weighted by Gasteiger charge is -2.27. The molecule has 1 N–H and O–H groups in total. The number of hydrogen-bond acceptors (Lipinski definition) is 4. The average Bonchev–Trinajstić information content (AvgIpc) is 3.34. The van der Waals surface area contributed by atoms with Crippen LogP contribution < -0.4 is 14.8 Å². The summed E-state index contributed by atoms with van der Waals surface area (Å²) in [5.74, 6) is 3.17. The molecule has 0 bridgehead atoms. The Balaban J connectivity index is 1.23. The Morgan fingerprint density at radius 3 is 2.75 bits per heavy atom. The van der Waals surface area contributed by atoms with E-state index in [9.17, 15) is 0 Å². The Bertz CT molecular complexity index is 658. The van der Waals surface area contributed by atoms with Gasteiger partial charge in [0.05, 0.1) is 12.8 Å². The molecule has 0 unspecified atom stereocenters. The van der Waals surface area contributed by atoms with Gasteiger partial charge in [-0.1, -0.05) is 18.2 Å². The van der Waals surface area contributed by atoms with E-state index in [1.165, 1.54) is 18.4 Å². The van der Waals surface area contributed by atoms with Crippen LogP contribution in [0.5, 0.6) is 11.5 Å². The first kappa shape index (κ1) is 15.5. The standard InChI is InChI=1S/C20H24N2O2/c1-2-4-18(5-3-1)23-9-7-15-11-20(15)16-10-19(13-21-12-16)24-14-17-6-8-22-17/h1-5,10,12-13,15,17,20,22H,6-9,11,14H2/t15-,17-,20-/m0/s1. The molecule has 1 saturated carbocycles. The number of rotatable bonds is 8. The third kappa shape index (κ3) is 3.88. The van der Waals surface area contributed by atoms with E-state index < -0.39 is 0 Å². The highest BCUT2D eigenvalue weighted by atomic mass is 16.5. The summed E-state index contributed by atoms with van der Waals surface area (Å²) in [6.45, 7) is 2.63. The van der Waals surface area contributed by atoms with Gasteiger partial charge in [-0.05, 0) is 61.4 Å². The molecule has 1 aliphatic heterocycles. The number of aromatic nitrogens is 1. The van der Waals surface area contributed by atoms with Crippen molar-refractivity contribution < 1.29 is 9.47 Å². The molecular weight excluding hydrogens is 300 g/mol. The molecule has 2 fully saturated rings. The maximum atomic E-state index is 5.85. The molecular formula is C20H24N2O2. The summed E-state index contributed by atoms with van der Waals surface area (Å²) in [5, 5.41) is 3.35. The van der Waals surface area contributed by atoms with Crippen LogP contribution in [-0.4, -0.2) is 30.8 Å². The quantitative estimate of drug-likeness (QED) is 0.808. The van der Waals surface area contributed by atoms with Gasteiger partial charge >= 0.3 is 0 Å². The van der Waals surface area contributed by atoms with E-state index in [1.54, 1.807) is 0 Å². The van der Waals surface area contributed by atoms with Crippen molar-refractivity contribution in [3.8, 4) is 11.5 Å². The number of ether oxygens (including phenoxy) is 2. The molecule has 1 aliphatic carbocycles. The third-order valence-electron chi connectivity index (χ3n) is 4.96. The van der Waals surface area contributed by atoms with Crippen molar-refractivity contribution in [1.29, 1.82) is 0 Å². The van der Waals surface area contributed by atoms with E-state index in [1.807, 2.05) is 42.7 Å². The van der Waals surface area contributed by atoms with Crippen molar-refractivity contribution in [1.82, 2.24) is 10.3 Å². The van der Waals surface area contributed by atoms with E-state index in [0.717, 1.165) is 37.7 Å². The highest BCUT2D eigenvalue weighted by molar-refractivity contribution is 5.30. The number of nitrogens with zero attached hydrogens (tertiary/aromatic N) is 1. The normalized spacial score (nSPS) is 24.9. The van der Waals surface area contributed by atoms with Crippen molar-refractivity contribution >= 4 is 0 Å². The summed E-state index contributed by atoms with van der Waals surface area (Å²) in [6, 6.07) is 12.7. The minimum Gasteiger partial charge on any atom is -0.494 e. The van der Waals surface area contributed by atoms with Crippen LogP contribution >= 0.6 is 0 Å². The van der Waals surface area contributed by atoms with Gasteiger partial charge in [-0.25, -0.2) is 0 Å². The average molecular weight is 324 g/mol. The lowest BCUT2D eigenvalue weighted by Crippen LogP contribution is -2.46. The van der Waals surface area contributed by atoms with Gasteiger partial charge in [0, 0.05) is 12.2 Å². The van der Waals surface area contributed by atoms with Gasteiger partial charge in [-0.2, -0.15) is 0 Å². The van der Waals surface area contributed by atoms with Crippen molar-refractivity contribution in [3.05, 3.63) is 54.4 Å². The monoisotopic (exact) mass is 324 g/mol. The first-order valence-corrected chi connectivity index (χ1v) is 8.87. The highest BCUT2D eigenvalue weighted by Crippen LogP contribution is 2.49. The molecule has 0 amide bonds. The number of hydrogen-bond donors (Lipinski definition) is 1. The molecule has 4 nitrogen and oxygen atoms in total. The molecule has 4 heteroatoms. The lowest BCUT2D eigenvalue weighted by molar-refractivity contribution is 0.216. The maximum absolute atomic E-state index is 5.85. The number of benzene rings is 1. The van der Waals surface area contributed by atoms with Gasteiger partial charge in [0.2, 0.25) is 0 Å². The van der Waals surface area contributed by atoms with Gasteiger partial charge in [0.15, 0.2) is 0 Å². The Labute approximate surface area is 143 Å². The van der Waals surface area contributed by atoms with Crippen molar-refractivity contribution in [3.63, 3.8) is 0 Å². The van der Waals surface area contributed by atoms with Gasteiger partial charge in [0.25, 0.3) is 0 Å². The number of para-hydroxylation sites is 1. The highest BCUT2D eigenvalue weighted by Gasteiger charge is 2.38. The Hall–Kier alpha value is -2.07. The topological polar surface area (TPSA) is 43.4 Å². The lowest BCUT2D eigenvalue weighted by atomic mass is 10.1. The molecule has 24 heavy (non-hydrogen) atoms. The predicted molar refractivity (Wildman–Crippen MR) is 93.5 cm³/mol. The molecule has 2 aliphatic rings. The Morgan fingerprint density at radius 2 is 1.96 bits per heavy atom. The van der Waals surface area contributed by atoms with Crippen LogP contribution in [0, 0.1) is 5.92 Å². The molecule has 4 rings (SSSR count). The third-order valence-corrected chi connectivity index (χ3v) is 4.96. The minimum absolute atomic E-state index is 0.512. The fourth-order valence-corrected chi connectivity index (χ4v) is 3.22.